The number of carbonyl (C=O) groups excluding carboxylic acids is 1. The molecule has 2 N–H and O–H groups in total. The summed E-state index contributed by atoms with van der Waals surface area (Å²) in [7, 11) is 4.53. The van der Waals surface area contributed by atoms with Crippen LogP contribution in [0.5, 0.6) is 0 Å². The molecule has 0 saturated carbocycles. The van der Waals surface area contributed by atoms with Gasteiger partial charge in [0.1, 0.15) is 5.76 Å². The van der Waals surface area contributed by atoms with E-state index in [0.29, 0.717) is 29.3 Å². The molecule has 1 aliphatic rings. The van der Waals surface area contributed by atoms with Crippen LogP contribution in [0.3, 0.4) is 0 Å². The van der Waals surface area contributed by atoms with E-state index in [1.165, 1.54) is 21.3 Å². The van der Waals surface area contributed by atoms with Gasteiger partial charge in [0.15, 0.2) is 11.5 Å². The van der Waals surface area contributed by atoms with Crippen molar-refractivity contribution in [3.8, 4) is 0 Å². The third-order valence-electron chi connectivity index (χ3n) is 2.22. The van der Waals surface area contributed by atoms with Crippen LogP contribution in [0.2, 0.25) is 0 Å². The van der Waals surface area contributed by atoms with Gasteiger partial charge in [0, 0.05) is 18.1 Å². The summed E-state index contributed by atoms with van der Waals surface area (Å²) in [5.74, 6) is 1.03. The predicted octanol–water partition coefficient (Wildman–Crippen LogP) is 0.836. The highest BCUT2D eigenvalue weighted by Gasteiger charge is 2.17. The summed E-state index contributed by atoms with van der Waals surface area (Å²) >= 11 is 0. The van der Waals surface area contributed by atoms with Crippen LogP contribution in [0.25, 0.3) is 0 Å². The molecule has 0 atom stereocenters. The van der Waals surface area contributed by atoms with Crippen LogP contribution in [0.15, 0.2) is 35.0 Å². The Bertz CT molecular complexity index is 379. The van der Waals surface area contributed by atoms with Crippen molar-refractivity contribution in [2.45, 2.75) is 6.42 Å². The van der Waals surface area contributed by atoms with Gasteiger partial charge < -0.3 is 19.9 Å². The number of hydrogen-bond donors (Lipinski definition) is 1. The lowest BCUT2D eigenvalue weighted by atomic mass is 10.1. The van der Waals surface area contributed by atoms with Crippen LogP contribution >= 0.6 is 0 Å². The molecule has 5 nitrogen and oxygen atoms in total. The van der Waals surface area contributed by atoms with Crippen LogP contribution in [0.4, 0.5) is 0 Å². The zero-order chi connectivity index (χ0) is 12.1. The SMILES string of the molecule is COC1=CC(OC)=C(OC)C=C(C(N)=O)C1. The minimum absolute atomic E-state index is 0.325. The number of nitrogens with two attached hydrogens (primary N) is 1. The van der Waals surface area contributed by atoms with Gasteiger partial charge in [-0.25, -0.2) is 0 Å². The molecule has 0 saturated heterocycles. The van der Waals surface area contributed by atoms with Gasteiger partial charge in [-0.3, -0.25) is 4.79 Å². The van der Waals surface area contributed by atoms with Crippen LogP contribution in [0, 0.1) is 0 Å². The maximum Gasteiger partial charge on any atom is 0.245 e. The summed E-state index contributed by atoms with van der Waals surface area (Å²) in [4.78, 5) is 11.2. The van der Waals surface area contributed by atoms with Crippen molar-refractivity contribution >= 4 is 5.91 Å². The molecule has 0 spiro atoms. The van der Waals surface area contributed by atoms with E-state index in [2.05, 4.69) is 0 Å². The Hall–Kier alpha value is -1.91. The van der Waals surface area contributed by atoms with Crippen molar-refractivity contribution in [3.05, 3.63) is 35.0 Å². The van der Waals surface area contributed by atoms with Gasteiger partial charge in [-0.2, -0.15) is 0 Å². The first-order valence-corrected chi connectivity index (χ1v) is 4.69. The number of ether oxygens (including phenoxy) is 3. The van der Waals surface area contributed by atoms with E-state index in [1.807, 2.05) is 0 Å². The normalized spacial score (nSPS) is 15.9. The average Bonchev–Trinajstić information content (AvgIpc) is 2.47. The Labute approximate surface area is 94.2 Å². The molecule has 0 heterocycles. The highest BCUT2D eigenvalue weighted by molar-refractivity contribution is 5.93. The fraction of sp³-hybridized carbons (Fsp3) is 0.364. The third-order valence-corrected chi connectivity index (χ3v) is 2.22. The van der Waals surface area contributed by atoms with Crippen LogP contribution in [-0.4, -0.2) is 27.2 Å². The number of primary amides is 1. The van der Waals surface area contributed by atoms with E-state index in [1.54, 1.807) is 12.2 Å². The fourth-order valence-electron chi connectivity index (χ4n) is 1.34. The molecule has 0 aromatic heterocycles. The summed E-state index contributed by atoms with van der Waals surface area (Å²) in [5.41, 5.74) is 5.66. The second kappa shape index (κ2) is 5.25. The molecule has 16 heavy (non-hydrogen) atoms. The summed E-state index contributed by atoms with van der Waals surface area (Å²) in [6.45, 7) is 0. The molecule has 1 aliphatic carbocycles. The summed E-state index contributed by atoms with van der Waals surface area (Å²) < 4.78 is 15.4. The lowest BCUT2D eigenvalue weighted by Crippen LogP contribution is -2.14. The Morgan fingerprint density at radius 3 is 2.12 bits per heavy atom. The molecule has 1 rings (SSSR count). The number of amides is 1. The maximum absolute atomic E-state index is 11.2. The molecule has 0 bridgehead atoms. The van der Waals surface area contributed by atoms with E-state index >= 15 is 0 Å². The lowest BCUT2D eigenvalue weighted by molar-refractivity contribution is -0.114. The summed E-state index contributed by atoms with van der Waals surface area (Å²) in [6, 6.07) is 0. The third kappa shape index (κ3) is 2.56. The minimum atomic E-state index is -0.505. The van der Waals surface area contributed by atoms with Crippen molar-refractivity contribution in [2.24, 2.45) is 5.73 Å². The van der Waals surface area contributed by atoms with Crippen molar-refractivity contribution in [1.82, 2.24) is 0 Å². The van der Waals surface area contributed by atoms with E-state index in [-0.39, 0.29) is 0 Å². The maximum atomic E-state index is 11.2. The number of carbonyl (C=O) groups is 1. The van der Waals surface area contributed by atoms with E-state index in [0.717, 1.165) is 0 Å². The van der Waals surface area contributed by atoms with E-state index in [4.69, 9.17) is 19.9 Å². The second-order valence-electron chi connectivity index (χ2n) is 3.16. The van der Waals surface area contributed by atoms with Gasteiger partial charge in [0.05, 0.1) is 21.3 Å². The Balaban J connectivity index is 3.22. The zero-order valence-electron chi connectivity index (χ0n) is 9.57. The van der Waals surface area contributed by atoms with Crippen molar-refractivity contribution in [1.29, 1.82) is 0 Å². The Morgan fingerprint density at radius 2 is 1.69 bits per heavy atom. The molecule has 5 heteroatoms. The molecule has 0 radical (unpaired) electrons. The monoisotopic (exact) mass is 225 g/mol. The largest absolute Gasteiger partial charge is 0.501 e. The number of methoxy groups -OCH3 is 3. The highest BCUT2D eigenvalue weighted by Crippen LogP contribution is 2.23. The van der Waals surface area contributed by atoms with Gasteiger partial charge in [-0.15, -0.1) is 0 Å². The quantitative estimate of drug-likeness (QED) is 0.769. The molecule has 0 aromatic carbocycles. The fourth-order valence-corrected chi connectivity index (χ4v) is 1.34. The number of allylic oxidation sites excluding steroid dienone is 3. The topological polar surface area (TPSA) is 70.8 Å². The highest BCUT2D eigenvalue weighted by atomic mass is 16.5. The first-order chi connectivity index (χ1) is 7.62. The lowest BCUT2D eigenvalue weighted by Gasteiger charge is -2.06. The van der Waals surface area contributed by atoms with Crippen molar-refractivity contribution < 1.29 is 19.0 Å². The van der Waals surface area contributed by atoms with Gasteiger partial charge in [0.2, 0.25) is 5.91 Å². The Kier molecular flexibility index (Phi) is 3.99. The predicted molar refractivity (Wildman–Crippen MR) is 58.0 cm³/mol. The van der Waals surface area contributed by atoms with Gasteiger partial charge in [-0.1, -0.05) is 0 Å². The van der Waals surface area contributed by atoms with Gasteiger partial charge >= 0.3 is 0 Å². The van der Waals surface area contributed by atoms with E-state index < -0.39 is 5.91 Å². The van der Waals surface area contributed by atoms with Crippen LogP contribution in [0.1, 0.15) is 6.42 Å². The zero-order valence-corrected chi connectivity index (χ0v) is 9.57. The molecular weight excluding hydrogens is 210 g/mol. The number of hydrogen-bond acceptors (Lipinski definition) is 4. The van der Waals surface area contributed by atoms with Crippen molar-refractivity contribution in [3.63, 3.8) is 0 Å². The standard InChI is InChI=1S/C11H15NO4/c1-14-8-4-7(11(12)13)5-9(15-2)10(6-8)16-3/h5-6H,4H2,1-3H3,(H2,12,13). The smallest absolute Gasteiger partial charge is 0.245 e. The number of rotatable bonds is 4. The molecule has 0 fully saturated rings. The molecule has 0 unspecified atom stereocenters. The van der Waals surface area contributed by atoms with Gasteiger partial charge in [-0.05, 0) is 6.08 Å². The molecule has 1 amide bonds. The second-order valence-corrected chi connectivity index (χ2v) is 3.16. The molecule has 88 valence electrons. The van der Waals surface area contributed by atoms with Crippen molar-refractivity contribution in [2.75, 3.05) is 21.3 Å². The van der Waals surface area contributed by atoms with Crippen LogP contribution < -0.4 is 5.73 Å². The van der Waals surface area contributed by atoms with E-state index in [9.17, 15) is 4.79 Å². The average molecular weight is 225 g/mol. The summed E-state index contributed by atoms with van der Waals surface area (Å²) in [6.07, 6.45) is 3.56. The molecular formula is C11H15NO4. The summed E-state index contributed by atoms with van der Waals surface area (Å²) in [5, 5.41) is 0. The first-order valence-electron chi connectivity index (χ1n) is 4.69. The molecule has 0 aromatic rings. The van der Waals surface area contributed by atoms with Gasteiger partial charge in [0.25, 0.3) is 0 Å². The first kappa shape index (κ1) is 12.2. The minimum Gasteiger partial charge on any atom is -0.501 e. The van der Waals surface area contributed by atoms with Crippen LogP contribution in [-0.2, 0) is 19.0 Å². The Morgan fingerprint density at radius 1 is 1.12 bits per heavy atom. The molecule has 0 aliphatic heterocycles.